The van der Waals surface area contributed by atoms with Crippen LogP contribution in [0.4, 0.5) is 0 Å². The van der Waals surface area contributed by atoms with Crippen LogP contribution in [0.5, 0.6) is 0 Å². The third-order valence-corrected chi connectivity index (χ3v) is 4.45. The average Bonchev–Trinajstić information content (AvgIpc) is 2.86. The van der Waals surface area contributed by atoms with E-state index in [4.69, 9.17) is 11.6 Å². The highest BCUT2D eigenvalue weighted by Crippen LogP contribution is 2.27. The van der Waals surface area contributed by atoms with Gasteiger partial charge >= 0.3 is 0 Å². The number of likely N-dealkylation sites (N-methyl/N-ethyl adjacent to an activating group) is 1. The van der Waals surface area contributed by atoms with E-state index in [2.05, 4.69) is 34.0 Å². The molecule has 102 valence electrons. The fourth-order valence-electron chi connectivity index (χ4n) is 2.09. The minimum absolute atomic E-state index is 0.218. The number of hydrogen-bond donors (Lipinski definition) is 1. The van der Waals surface area contributed by atoms with Gasteiger partial charge in [-0.25, -0.2) is 0 Å². The molecule has 0 aliphatic heterocycles. The van der Waals surface area contributed by atoms with Crippen LogP contribution in [0.1, 0.15) is 34.7 Å². The molecule has 0 spiro atoms. The Bertz CT molecular complexity index is 553. The van der Waals surface area contributed by atoms with Crippen molar-refractivity contribution in [3.05, 3.63) is 44.9 Å². The van der Waals surface area contributed by atoms with Crippen LogP contribution in [0, 0.1) is 6.92 Å². The number of benzene rings is 1. The van der Waals surface area contributed by atoms with E-state index in [1.54, 1.807) is 0 Å². The highest BCUT2D eigenvalue weighted by atomic mass is 35.5. The Balaban J connectivity index is 2.24. The van der Waals surface area contributed by atoms with Crippen LogP contribution in [0.2, 0.25) is 5.02 Å². The number of rotatable bonds is 5. The third-order valence-electron chi connectivity index (χ3n) is 3.22. The molecule has 0 bridgehead atoms. The van der Waals surface area contributed by atoms with Crippen molar-refractivity contribution in [2.45, 2.75) is 32.7 Å². The first kappa shape index (κ1) is 14.4. The Labute approximate surface area is 123 Å². The molecule has 5 heteroatoms. The summed E-state index contributed by atoms with van der Waals surface area (Å²) in [5.74, 6) is 0. The molecule has 1 aromatic heterocycles. The maximum Gasteiger partial charge on any atom is 0.0801 e. The summed E-state index contributed by atoms with van der Waals surface area (Å²) < 4.78 is 4.06. The van der Waals surface area contributed by atoms with E-state index in [1.807, 2.05) is 20.0 Å². The molecule has 0 aliphatic carbocycles. The molecule has 1 heterocycles. The fraction of sp³-hybridized carbons (Fsp3) is 0.429. The largest absolute Gasteiger partial charge is 0.312 e. The van der Waals surface area contributed by atoms with E-state index in [1.165, 1.54) is 22.0 Å². The van der Waals surface area contributed by atoms with Gasteiger partial charge in [0.25, 0.3) is 0 Å². The molecule has 0 radical (unpaired) electrons. The lowest BCUT2D eigenvalue weighted by Crippen LogP contribution is -2.19. The van der Waals surface area contributed by atoms with Crippen molar-refractivity contribution < 1.29 is 0 Å². The topological polar surface area (TPSA) is 37.8 Å². The summed E-state index contributed by atoms with van der Waals surface area (Å²) in [7, 11) is 1.96. The van der Waals surface area contributed by atoms with E-state index in [0.29, 0.717) is 0 Å². The maximum atomic E-state index is 6.31. The van der Waals surface area contributed by atoms with Gasteiger partial charge in [-0.2, -0.15) is 0 Å². The molecule has 3 nitrogen and oxygen atoms in total. The van der Waals surface area contributed by atoms with Crippen molar-refractivity contribution in [1.29, 1.82) is 0 Å². The Morgan fingerprint density at radius 3 is 2.84 bits per heavy atom. The summed E-state index contributed by atoms with van der Waals surface area (Å²) in [5.41, 5.74) is 3.41. The highest BCUT2D eigenvalue weighted by molar-refractivity contribution is 7.05. The number of halogens is 1. The number of hydrogen-bond acceptors (Lipinski definition) is 4. The summed E-state index contributed by atoms with van der Waals surface area (Å²) in [6.45, 7) is 4.15. The fourth-order valence-corrected chi connectivity index (χ4v) is 3.25. The Morgan fingerprint density at radius 1 is 1.42 bits per heavy atom. The van der Waals surface area contributed by atoms with Gasteiger partial charge in [0.15, 0.2) is 0 Å². The summed E-state index contributed by atoms with van der Waals surface area (Å²) in [4.78, 5) is 1.21. The Hall–Kier alpha value is -0.970. The first-order chi connectivity index (χ1) is 9.15. The predicted octanol–water partition coefficient (Wildman–Crippen LogP) is 3.57. The van der Waals surface area contributed by atoms with Gasteiger partial charge in [0.2, 0.25) is 0 Å². The van der Waals surface area contributed by atoms with Gasteiger partial charge in [-0.3, -0.25) is 0 Å². The van der Waals surface area contributed by atoms with Crippen molar-refractivity contribution in [2.75, 3.05) is 7.05 Å². The molecule has 0 amide bonds. The molecule has 2 aromatic rings. The number of nitrogens with one attached hydrogen (secondary N) is 1. The molecular formula is C14H18ClN3S. The van der Waals surface area contributed by atoms with Gasteiger partial charge in [-0.1, -0.05) is 35.1 Å². The molecule has 1 aromatic carbocycles. The molecular weight excluding hydrogens is 278 g/mol. The van der Waals surface area contributed by atoms with Crippen LogP contribution in [0.3, 0.4) is 0 Å². The summed E-state index contributed by atoms with van der Waals surface area (Å²) in [5, 5.41) is 8.35. The standard InChI is InChI=1S/C14H18ClN3S/c1-4-12-14(19-18-17-12)13(16-3)8-10-6-5-9(2)7-11(10)15/h5-7,13,16H,4,8H2,1-3H3. The molecule has 0 fully saturated rings. The van der Waals surface area contributed by atoms with E-state index in [9.17, 15) is 0 Å². The van der Waals surface area contributed by atoms with Crippen molar-refractivity contribution >= 4 is 23.1 Å². The van der Waals surface area contributed by atoms with Gasteiger partial charge in [0, 0.05) is 11.1 Å². The molecule has 0 saturated carbocycles. The van der Waals surface area contributed by atoms with Crippen LogP contribution < -0.4 is 5.32 Å². The third kappa shape index (κ3) is 3.32. The SMILES string of the molecule is CCc1nnsc1C(Cc1ccc(C)cc1Cl)NC. The summed E-state index contributed by atoms with van der Waals surface area (Å²) in [6, 6.07) is 6.42. The predicted molar refractivity (Wildman–Crippen MR) is 81.0 cm³/mol. The van der Waals surface area contributed by atoms with Crippen LogP contribution in [0.25, 0.3) is 0 Å². The van der Waals surface area contributed by atoms with Gasteiger partial charge in [-0.05, 0) is 55.5 Å². The Morgan fingerprint density at radius 2 is 2.21 bits per heavy atom. The molecule has 19 heavy (non-hydrogen) atoms. The number of nitrogens with zero attached hydrogens (tertiary/aromatic N) is 2. The average molecular weight is 296 g/mol. The minimum atomic E-state index is 0.218. The smallest absolute Gasteiger partial charge is 0.0801 e. The first-order valence-electron chi connectivity index (χ1n) is 6.39. The second-order valence-corrected chi connectivity index (χ2v) is 5.77. The first-order valence-corrected chi connectivity index (χ1v) is 7.54. The molecule has 2 rings (SSSR count). The zero-order valence-corrected chi connectivity index (χ0v) is 13.0. The van der Waals surface area contributed by atoms with Gasteiger partial charge in [0.1, 0.15) is 0 Å². The normalized spacial score (nSPS) is 12.6. The van der Waals surface area contributed by atoms with Gasteiger partial charge in [0.05, 0.1) is 10.6 Å². The van der Waals surface area contributed by atoms with Crippen LogP contribution in [-0.4, -0.2) is 16.6 Å². The zero-order valence-electron chi connectivity index (χ0n) is 11.4. The van der Waals surface area contributed by atoms with E-state index in [0.717, 1.165) is 29.1 Å². The van der Waals surface area contributed by atoms with Crippen LogP contribution in [-0.2, 0) is 12.8 Å². The monoisotopic (exact) mass is 295 g/mol. The quantitative estimate of drug-likeness (QED) is 0.916. The van der Waals surface area contributed by atoms with Crippen LogP contribution >= 0.6 is 23.1 Å². The molecule has 0 aliphatic rings. The molecule has 0 saturated heterocycles. The Kier molecular flexibility index (Phi) is 4.91. The van der Waals surface area contributed by atoms with Crippen LogP contribution in [0.15, 0.2) is 18.2 Å². The van der Waals surface area contributed by atoms with E-state index >= 15 is 0 Å². The van der Waals surface area contributed by atoms with Gasteiger partial charge in [-0.15, -0.1) is 5.10 Å². The molecule has 1 N–H and O–H groups in total. The van der Waals surface area contributed by atoms with E-state index in [-0.39, 0.29) is 6.04 Å². The van der Waals surface area contributed by atoms with Crippen molar-refractivity contribution in [3.8, 4) is 0 Å². The second kappa shape index (κ2) is 6.46. The zero-order chi connectivity index (χ0) is 13.8. The van der Waals surface area contributed by atoms with Crippen molar-refractivity contribution in [3.63, 3.8) is 0 Å². The highest BCUT2D eigenvalue weighted by Gasteiger charge is 2.18. The second-order valence-electron chi connectivity index (χ2n) is 4.58. The van der Waals surface area contributed by atoms with Crippen molar-refractivity contribution in [2.24, 2.45) is 0 Å². The lowest BCUT2D eigenvalue weighted by Gasteiger charge is -2.16. The number of aryl methyl sites for hydroxylation is 2. The summed E-state index contributed by atoms with van der Waals surface area (Å²) >= 11 is 7.78. The summed E-state index contributed by atoms with van der Waals surface area (Å²) in [6.07, 6.45) is 1.76. The molecule has 1 atom stereocenters. The lowest BCUT2D eigenvalue weighted by atomic mass is 10.0. The minimum Gasteiger partial charge on any atom is -0.312 e. The number of aromatic nitrogens is 2. The lowest BCUT2D eigenvalue weighted by molar-refractivity contribution is 0.595. The van der Waals surface area contributed by atoms with E-state index < -0.39 is 0 Å². The maximum absolute atomic E-state index is 6.31. The van der Waals surface area contributed by atoms with Crippen molar-refractivity contribution in [1.82, 2.24) is 14.9 Å². The molecule has 1 unspecified atom stereocenters. The van der Waals surface area contributed by atoms with Gasteiger partial charge < -0.3 is 5.32 Å².